The molecule has 0 unspecified atom stereocenters. The third-order valence-electron chi connectivity index (χ3n) is 4.30. The first-order chi connectivity index (χ1) is 12.0. The van der Waals surface area contributed by atoms with E-state index >= 15 is 0 Å². The van der Waals surface area contributed by atoms with Crippen LogP contribution in [0.4, 0.5) is 5.69 Å². The summed E-state index contributed by atoms with van der Waals surface area (Å²) in [6.07, 6.45) is 1.04. The SMILES string of the molecule is CCc1ccc(NC(=S)NC[C@H](c2ccc(OC)cc2)[NH+](C)C)cc1. The quantitative estimate of drug-likeness (QED) is 0.665. The van der Waals surface area contributed by atoms with Crippen molar-refractivity contribution < 1.29 is 9.64 Å². The van der Waals surface area contributed by atoms with Crippen molar-refractivity contribution in [1.29, 1.82) is 0 Å². The van der Waals surface area contributed by atoms with E-state index in [4.69, 9.17) is 17.0 Å². The van der Waals surface area contributed by atoms with Crippen molar-refractivity contribution in [3.63, 3.8) is 0 Å². The minimum atomic E-state index is 0.299. The van der Waals surface area contributed by atoms with E-state index in [1.165, 1.54) is 16.0 Å². The van der Waals surface area contributed by atoms with Crippen molar-refractivity contribution in [3.8, 4) is 5.75 Å². The number of aryl methyl sites for hydroxylation is 1. The van der Waals surface area contributed by atoms with E-state index in [9.17, 15) is 0 Å². The molecule has 0 spiro atoms. The number of anilines is 1. The lowest BCUT2D eigenvalue weighted by Crippen LogP contribution is -3.07. The summed E-state index contributed by atoms with van der Waals surface area (Å²) in [7, 11) is 5.98. The monoisotopic (exact) mass is 358 g/mol. The molecule has 0 aliphatic rings. The van der Waals surface area contributed by atoms with Gasteiger partial charge in [0.15, 0.2) is 5.11 Å². The summed E-state index contributed by atoms with van der Waals surface area (Å²) in [6.45, 7) is 2.91. The van der Waals surface area contributed by atoms with Gasteiger partial charge in [0.05, 0.1) is 27.7 Å². The molecule has 2 rings (SSSR count). The smallest absolute Gasteiger partial charge is 0.171 e. The van der Waals surface area contributed by atoms with Crippen LogP contribution in [0.25, 0.3) is 0 Å². The van der Waals surface area contributed by atoms with Gasteiger partial charge in [-0.15, -0.1) is 0 Å². The lowest BCUT2D eigenvalue weighted by atomic mass is 10.1. The molecule has 0 saturated heterocycles. The predicted octanol–water partition coefficient (Wildman–Crippen LogP) is 2.43. The maximum absolute atomic E-state index is 5.44. The highest BCUT2D eigenvalue weighted by molar-refractivity contribution is 7.80. The summed E-state index contributed by atoms with van der Waals surface area (Å²) in [5.74, 6) is 0.872. The van der Waals surface area contributed by atoms with Gasteiger partial charge in [-0.05, 0) is 60.6 Å². The van der Waals surface area contributed by atoms with Crippen molar-refractivity contribution in [1.82, 2.24) is 5.32 Å². The van der Waals surface area contributed by atoms with Crippen LogP contribution in [0.2, 0.25) is 0 Å². The lowest BCUT2D eigenvalue weighted by molar-refractivity contribution is -0.890. The van der Waals surface area contributed by atoms with Crippen LogP contribution in [0.15, 0.2) is 48.5 Å². The predicted molar refractivity (Wildman–Crippen MR) is 109 cm³/mol. The second kappa shape index (κ2) is 9.39. The van der Waals surface area contributed by atoms with Crippen LogP contribution < -0.4 is 20.3 Å². The standard InChI is InChI=1S/C20H27N3OS/c1-5-15-6-10-17(11-7-15)22-20(25)21-14-19(23(2)3)16-8-12-18(24-4)13-9-16/h6-13,19H,5,14H2,1-4H3,(H2,21,22,25)/p+1/t19-/m1/s1. The summed E-state index contributed by atoms with van der Waals surface area (Å²) in [5, 5.41) is 7.23. The van der Waals surface area contributed by atoms with Crippen molar-refractivity contribution >= 4 is 23.0 Å². The minimum Gasteiger partial charge on any atom is -0.497 e. The number of quaternary nitrogens is 1. The maximum Gasteiger partial charge on any atom is 0.171 e. The van der Waals surface area contributed by atoms with Crippen LogP contribution >= 0.6 is 12.2 Å². The van der Waals surface area contributed by atoms with E-state index in [1.807, 2.05) is 12.1 Å². The second-order valence-corrected chi connectivity index (χ2v) is 6.70. The zero-order chi connectivity index (χ0) is 18.2. The van der Waals surface area contributed by atoms with Crippen LogP contribution in [-0.4, -0.2) is 32.9 Å². The van der Waals surface area contributed by atoms with E-state index in [-0.39, 0.29) is 0 Å². The van der Waals surface area contributed by atoms with Crippen LogP contribution in [-0.2, 0) is 6.42 Å². The van der Waals surface area contributed by atoms with Gasteiger partial charge in [-0.3, -0.25) is 0 Å². The molecule has 2 aromatic carbocycles. The third kappa shape index (κ3) is 5.73. The van der Waals surface area contributed by atoms with Crippen LogP contribution in [0.5, 0.6) is 5.75 Å². The largest absolute Gasteiger partial charge is 0.497 e. The Bertz CT molecular complexity index is 668. The Hall–Kier alpha value is -2.11. The van der Waals surface area contributed by atoms with Gasteiger partial charge >= 0.3 is 0 Å². The Kier molecular flexibility index (Phi) is 7.22. The van der Waals surface area contributed by atoms with Crippen molar-refractivity contribution in [2.75, 3.05) is 33.1 Å². The highest BCUT2D eigenvalue weighted by atomic mass is 32.1. The zero-order valence-corrected chi connectivity index (χ0v) is 16.2. The van der Waals surface area contributed by atoms with Crippen molar-refractivity contribution in [2.24, 2.45) is 0 Å². The molecule has 134 valence electrons. The van der Waals surface area contributed by atoms with Gasteiger partial charge in [0.1, 0.15) is 11.8 Å². The highest BCUT2D eigenvalue weighted by Gasteiger charge is 2.18. The first-order valence-corrected chi connectivity index (χ1v) is 9.02. The number of benzene rings is 2. The maximum atomic E-state index is 5.44. The van der Waals surface area contributed by atoms with Crippen molar-refractivity contribution in [2.45, 2.75) is 19.4 Å². The minimum absolute atomic E-state index is 0.299. The average molecular weight is 359 g/mol. The third-order valence-corrected chi connectivity index (χ3v) is 4.55. The number of hydrogen-bond donors (Lipinski definition) is 3. The zero-order valence-electron chi connectivity index (χ0n) is 15.4. The van der Waals surface area contributed by atoms with Gasteiger partial charge in [-0.25, -0.2) is 0 Å². The molecule has 0 radical (unpaired) electrons. The lowest BCUT2D eigenvalue weighted by Gasteiger charge is -2.23. The van der Waals surface area contributed by atoms with E-state index in [2.05, 4.69) is 68.1 Å². The van der Waals surface area contributed by atoms with Crippen LogP contribution in [0.3, 0.4) is 0 Å². The fourth-order valence-electron chi connectivity index (χ4n) is 2.69. The fraction of sp³-hybridized carbons (Fsp3) is 0.350. The molecule has 5 heteroatoms. The number of ether oxygens (including phenoxy) is 1. The molecule has 0 aliphatic heterocycles. The normalized spacial score (nSPS) is 11.9. The summed E-state index contributed by atoms with van der Waals surface area (Å²) >= 11 is 5.44. The Labute approximate surface area is 156 Å². The number of hydrogen-bond acceptors (Lipinski definition) is 2. The Morgan fingerprint density at radius 1 is 1.08 bits per heavy atom. The van der Waals surface area contributed by atoms with Gasteiger partial charge < -0.3 is 20.3 Å². The molecular formula is C20H28N3OS+. The number of rotatable bonds is 7. The molecule has 0 aromatic heterocycles. The molecule has 0 heterocycles. The average Bonchev–Trinajstić information content (AvgIpc) is 2.62. The van der Waals surface area contributed by atoms with E-state index in [1.54, 1.807) is 7.11 Å². The van der Waals surface area contributed by atoms with Crippen LogP contribution in [0, 0.1) is 0 Å². The topological polar surface area (TPSA) is 37.7 Å². The van der Waals surface area contributed by atoms with Gasteiger partial charge in [0.2, 0.25) is 0 Å². The second-order valence-electron chi connectivity index (χ2n) is 6.29. The molecule has 0 bridgehead atoms. The van der Waals surface area contributed by atoms with Crippen molar-refractivity contribution in [3.05, 3.63) is 59.7 Å². The number of likely N-dealkylation sites (N-methyl/N-ethyl adjacent to an activating group) is 1. The van der Waals surface area contributed by atoms with E-state index in [0.717, 1.165) is 24.4 Å². The molecule has 4 nitrogen and oxygen atoms in total. The fourth-order valence-corrected chi connectivity index (χ4v) is 2.89. The molecule has 0 amide bonds. The summed E-state index contributed by atoms with van der Waals surface area (Å²) < 4.78 is 5.24. The van der Waals surface area contributed by atoms with E-state index in [0.29, 0.717) is 11.2 Å². The summed E-state index contributed by atoms with van der Waals surface area (Å²) in [4.78, 5) is 1.34. The highest BCUT2D eigenvalue weighted by Crippen LogP contribution is 2.15. The molecular weight excluding hydrogens is 330 g/mol. The number of methoxy groups -OCH3 is 1. The Morgan fingerprint density at radius 2 is 1.72 bits per heavy atom. The molecule has 3 N–H and O–H groups in total. The summed E-state index contributed by atoms with van der Waals surface area (Å²) in [6, 6.07) is 16.9. The molecule has 2 aromatic rings. The molecule has 1 atom stereocenters. The number of nitrogens with one attached hydrogen (secondary N) is 3. The number of thiocarbonyl (C=S) groups is 1. The first kappa shape index (κ1) is 19.2. The summed E-state index contributed by atoms with van der Waals surface area (Å²) in [5.41, 5.74) is 3.58. The van der Waals surface area contributed by atoms with Gasteiger partial charge in [0.25, 0.3) is 0 Å². The van der Waals surface area contributed by atoms with Gasteiger partial charge in [-0.2, -0.15) is 0 Å². The molecule has 0 saturated carbocycles. The molecule has 25 heavy (non-hydrogen) atoms. The van der Waals surface area contributed by atoms with Crippen LogP contribution in [0.1, 0.15) is 24.1 Å². The Balaban J connectivity index is 1.93. The molecule has 0 fully saturated rings. The Morgan fingerprint density at radius 3 is 2.24 bits per heavy atom. The molecule has 0 aliphatic carbocycles. The van der Waals surface area contributed by atoms with Gasteiger partial charge in [-0.1, -0.05) is 19.1 Å². The van der Waals surface area contributed by atoms with Gasteiger partial charge in [0, 0.05) is 11.3 Å². The van der Waals surface area contributed by atoms with E-state index < -0.39 is 0 Å². The first-order valence-electron chi connectivity index (χ1n) is 8.61.